The molecule has 3 heteroatoms. The quantitative estimate of drug-likeness (QED) is 0.681. The molecule has 1 aromatic rings. The van der Waals surface area contributed by atoms with E-state index in [1.807, 2.05) is 0 Å². The lowest BCUT2D eigenvalue weighted by Gasteiger charge is -1.94. The summed E-state index contributed by atoms with van der Waals surface area (Å²) in [7, 11) is 0. The van der Waals surface area contributed by atoms with Crippen LogP contribution >= 0.6 is 0 Å². The minimum atomic E-state index is -0.190. The van der Waals surface area contributed by atoms with Crippen LogP contribution in [0.15, 0.2) is 24.3 Å². The van der Waals surface area contributed by atoms with Crippen LogP contribution in [0.5, 0.6) is 0 Å². The van der Waals surface area contributed by atoms with Gasteiger partial charge in [0, 0.05) is 0 Å². The standard InChI is InChI=1S/C8H8N2O/c1-3-6-7(4-2)9-5-10-8(6)11/h3-5H,1-2H2,(H,9,10,11). The molecule has 0 radical (unpaired) electrons. The molecule has 0 aliphatic carbocycles. The highest BCUT2D eigenvalue weighted by Crippen LogP contribution is 2.00. The molecule has 0 bridgehead atoms. The van der Waals surface area contributed by atoms with Crippen LogP contribution in [-0.4, -0.2) is 9.97 Å². The minimum Gasteiger partial charge on any atom is -0.313 e. The van der Waals surface area contributed by atoms with Crippen molar-refractivity contribution in [1.82, 2.24) is 9.97 Å². The van der Waals surface area contributed by atoms with E-state index < -0.39 is 0 Å². The van der Waals surface area contributed by atoms with Crippen molar-refractivity contribution in [1.29, 1.82) is 0 Å². The van der Waals surface area contributed by atoms with Crippen molar-refractivity contribution in [3.8, 4) is 0 Å². The zero-order chi connectivity index (χ0) is 8.27. The topological polar surface area (TPSA) is 45.8 Å². The maximum Gasteiger partial charge on any atom is 0.258 e. The molecule has 0 amide bonds. The average Bonchev–Trinajstić information content (AvgIpc) is 2.04. The summed E-state index contributed by atoms with van der Waals surface area (Å²) in [6, 6.07) is 0. The van der Waals surface area contributed by atoms with Gasteiger partial charge >= 0.3 is 0 Å². The summed E-state index contributed by atoms with van der Waals surface area (Å²) < 4.78 is 0. The number of nitrogens with one attached hydrogen (secondary N) is 1. The molecule has 0 aromatic carbocycles. The Kier molecular flexibility index (Phi) is 2.01. The van der Waals surface area contributed by atoms with Gasteiger partial charge in [0.05, 0.1) is 17.6 Å². The third kappa shape index (κ3) is 1.26. The van der Waals surface area contributed by atoms with Crippen molar-refractivity contribution >= 4 is 12.2 Å². The van der Waals surface area contributed by atoms with Gasteiger partial charge in [0.1, 0.15) is 0 Å². The van der Waals surface area contributed by atoms with E-state index >= 15 is 0 Å². The SMILES string of the molecule is C=Cc1nc[nH]c(=O)c1C=C. The molecule has 0 fully saturated rings. The van der Waals surface area contributed by atoms with E-state index in [0.29, 0.717) is 11.3 Å². The van der Waals surface area contributed by atoms with Crippen molar-refractivity contribution < 1.29 is 0 Å². The Bertz CT molecular complexity index is 338. The molecule has 0 aliphatic heterocycles. The first-order chi connectivity index (χ1) is 5.29. The molecule has 0 aliphatic rings. The van der Waals surface area contributed by atoms with Gasteiger partial charge in [-0.3, -0.25) is 4.79 Å². The zero-order valence-electron chi connectivity index (χ0n) is 6.00. The lowest BCUT2D eigenvalue weighted by molar-refractivity contribution is 1.09. The summed E-state index contributed by atoms with van der Waals surface area (Å²) in [5, 5.41) is 0. The highest BCUT2D eigenvalue weighted by molar-refractivity contribution is 5.58. The van der Waals surface area contributed by atoms with E-state index in [1.165, 1.54) is 18.5 Å². The lowest BCUT2D eigenvalue weighted by atomic mass is 10.2. The average molecular weight is 148 g/mol. The molecule has 0 atom stereocenters. The third-order valence-electron chi connectivity index (χ3n) is 1.32. The Morgan fingerprint density at radius 2 is 2.18 bits per heavy atom. The molecule has 1 heterocycles. The van der Waals surface area contributed by atoms with Gasteiger partial charge in [0.15, 0.2) is 0 Å². The maximum atomic E-state index is 11.0. The summed E-state index contributed by atoms with van der Waals surface area (Å²) in [5.74, 6) is 0. The first-order valence-corrected chi connectivity index (χ1v) is 3.12. The van der Waals surface area contributed by atoms with E-state index in [0.717, 1.165) is 0 Å². The summed E-state index contributed by atoms with van der Waals surface area (Å²) >= 11 is 0. The number of aromatic amines is 1. The van der Waals surface area contributed by atoms with Crippen LogP contribution in [0.25, 0.3) is 12.2 Å². The third-order valence-corrected chi connectivity index (χ3v) is 1.32. The molecular formula is C8H8N2O. The first-order valence-electron chi connectivity index (χ1n) is 3.12. The molecule has 1 rings (SSSR count). The fraction of sp³-hybridized carbons (Fsp3) is 0. The zero-order valence-corrected chi connectivity index (χ0v) is 6.00. The molecule has 0 unspecified atom stereocenters. The van der Waals surface area contributed by atoms with E-state index in [9.17, 15) is 4.79 Å². The van der Waals surface area contributed by atoms with Crippen molar-refractivity contribution in [2.24, 2.45) is 0 Å². The van der Waals surface area contributed by atoms with Crippen LogP contribution in [0, 0.1) is 0 Å². The minimum absolute atomic E-state index is 0.190. The van der Waals surface area contributed by atoms with Crippen LogP contribution in [-0.2, 0) is 0 Å². The molecule has 1 aromatic heterocycles. The fourth-order valence-corrected chi connectivity index (χ4v) is 0.784. The Hall–Kier alpha value is -1.64. The number of H-pyrrole nitrogens is 1. The molecule has 1 N–H and O–H groups in total. The monoisotopic (exact) mass is 148 g/mol. The predicted octanol–water partition coefficient (Wildman–Crippen LogP) is 1.06. The number of hydrogen-bond acceptors (Lipinski definition) is 2. The van der Waals surface area contributed by atoms with Crippen LogP contribution in [0.2, 0.25) is 0 Å². The molecule has 0 saturated carbocycles. The van der Waals surface area contributed by atoms with Crippen molar-refractivity contribution in [3.05, 3.63) is 41.1 Å². The highest BCUT2D eigenvalue weighted by Gasteiger charge is 1.98. The van der Waals surface area contributed by atoms with Gasteiger partial charge in [-0.25, -0.2) is 4.98 Å². The second-order valence-electron chi connectivity index (χ2n) is 1.94. The smallest absolute Gasteiger partial charge is 0.258 e. The number of aromatic nitrogens is 2. The summed E-state index contributed by atoms with van der Waals surface area (Å²) in [4.78, 5) is 17.3. The molecule has 3 nitrogen and oxygen atoms in total. The van der Waals surface area contributed by atoms with Crippen LogP contribution in [0.3, 0.4) is 0 Å². The predicted molar refractivity (Wildman–Crippen MR) is 45.0 cm³/mol. The van der Waals surface area contributed by atoms with E-state index in [1.54, 1.807) is 0 Å². The van der Waals surface area contributed by atoms with Gasteiger partial charge in [0.2, 0.25) is 0 Å². The Morgan fingerprint density at radius 3 is 2.64 bits per heavy atom. The first kappa shape index (κ1) is 7.47. The van der Waals surface area contributed by atoms with Crippen LogP contribution in [0.4, 0.5) is 0 Å². The van der Waals surface area contributed by atoms with Gasteiger partial charge < -0.3 is 4.98 Å². The van der Waals surface area contributed by atoms with Gasteiger partial charge in [-0.15, -0.1) is 0 Å². The molecule has 11 heavy (non-hydrogen) atoms. The maximum absolute atomic E-state index is 11.0. The lowest BCUT2D eigenvalue weighted by Crippen LogP contribution is -2.11. The van der Waals surface area contributed by atoms with Crippen LogP contribution in [0.1, 0.15) is 11.3 Å². The largest absolute Gasteiger partial charge is 0.313 e. The van der Waals surface area contributed by atoms with Crippen molar-refractivity contribution in [3.63, 3.8) is 0 Å². The van der Waals surface area contributed by atoms with Crippen molar-refractivity contribution in [2.45, 2.75) is 0 Å². The van der Waals surface area contributed by atoms with E-state index in [4.69, 9.17) is 0 Å². The number of nitrogens with zero attached hydrogens (tertiary/aromatic N) is 1. The fourth-order valence-electron chi connectivity index (χ4n) is 0.784. The highest BCUT2D eigenvalue weighted by atomic mass is 16.1. The van der Waals surface area contributed by atoms with E-state index in [-0.39, 0.29) is 5.56 Å². The van der Waals surface area contributed by atoms with E-state index in [2.05, 4.69) is 23.1 Å². The second-order valence-corrected chi connectivity index (χ2v) is 1.94. The Labute approximate surface area is 64.1 Å². The van der Waals surface area contributed by atoms with Gasteiger partial charge in [-0.1, -0.05) is 19.2 Å². The van der Waals surface area contributed by atoms with Crippen LogP contribution < -0.4 is 5.56 Å². The summed E-state index contributed by atoms with van der Waals surface area (Å²) in [5.41, 5.74) is 0.830. The van der Waals surface area contributed by atoms with Gasteiger partial charge in [-0.05, 0) is 6.08 Å². The Morgan fingerprint density at radius 1 is 1.45 bits per heavy atom. The normalized spacial score (nSPS) is 9.09. The summed E-state index contributed by atoms with van der Waals surface area (Å²) in [6.07, 6.45) is 4.32. The molecule has 56 valence electrons. The second kappa shape index (κ2) is 2.96. The van der Waals surface area contributed by atoms with Gasteiger partial charge in [0.25, 0.3) is 5.56 Å². The molecule has 0 spiro atoms. The molecule has 0 saturated heterocycles. The number of hydrogen-bond donors (Lipinski definition) is 1. The van der Waals surface area contributed by atoms with Crippen molar-refractivity contribution in [2.75, 3.05) is 0 Å². The summed E-state index contributed by atoms with van der Waals surface area (Å²) in [6.45, 7) is 7.01. The van der Waals surface area contributed by atoms with Gasteiger partial charge in [-0.2, -0.15) is 0 Å². The Balaban J connectivity index is 3.47. The molecular weight excluding hydrogens is 140 g/mol. The number of rotatable bonds is 2.